The molecule has 2 heterocycles. The first-order valence-electron chi connectivity index (χ1n) is 9.51. The van der Waals surface area contributed by atoms with Gasteiger partial charge in [-0.2, -0.15) is 0 Å². The van der Waals surface area contributed by atoms with E-state index in [1.807, 2.05) is 37.8 Å². The zero-order valence-corrected chi connectivity index (χ0v) is 16.1. The molecule has 26 heavy (non-hydrogen) atoms. The summed E-state index contributed by atoms with van der Waals surface area (Å²) in [5, 5.41) is 0. The molecule has 144 valence electrons. The lowest BCUT2D eigenvalue weighted by Crippen LogP contribution is -2.48. The van der Waals surface area contributed by atoms with E-state index in [9.17, 15) is 9.18 Å². The van der Waals surface area contributed by atoms with Gasteiger partial charge in [-0.25, -0.2) is 9.18 Å². The Balaban J connectivity index is 1.44. The first kappa shape index (κ1) is 19.0. The molecule has 2 aliphatic heterocycles. The summed E-state index contributed by atoms with van der Waals surface area (Å²) in [5.41, 5.74) is 0.252. The average molecular weight is 363 g/mol. The molecule has 0 unspecified atom stereocenters. The summed E-state index contributed by atoms with van der Waals surface area (Å²) in [6.45, 7) is 11.7. The summed E-state index contributed by atoms with van der Waals surface area (Å²) in [7, 11) is 0. The van der Waals surface area contributed by atoms with Gasteiger partial charge in [-0.15, -0.1) is 0 Å². The van der Waals surface area contributed by atoms with Gasteiger partial charge in [-0.05, 0) is 45.2 Å². The molecule has 1 aromatic carbocycles. The lowest BCUT2D eigenvalue weighted by Gasteiger charge is -2.37. The van der Waals surface area contributed by atoms with E-state index < -0.39 is 5.60 Å². The smallest absolute Gasteiger partial charge is 0.410 e. The molecule has 0 spiro atoms. The van der Waals surface area contributed by atoms with Gasteiger partial charge in [-0.1, -0.05) is 12.1 Å². The maximum absolute atomic E-state index is 13.9. The number of carbonyl (C=O) groups is 1. The third-order valence-electron chi connectivity index (χ3n) is 5.02. The monoisotopic (exact) mass is 363 g/mol. The van der Waals surface area contributed by atoms with Gasteiger partial charge in [0.1, 0.15) is 11.4 Å². The molecule has 0 aromatic heterocycles. The fourth-order valence-electron chi connectivity index (χ4n) is 3.72. The number of piperazine rings is 1. The molecular weight excluding hydrogens is 333 g/mol. The van der Waals surface area contributed by atoms with Gasteiger partial charge in [0.2, 0.25) is 0 Å². The molecule has 1 aromatic rings. The summed E-state index contributed by atoms with van der Waals surface area (Å²) >= 11 is 0. The number of halogens is 1. The van der Waals surface area contributed by atoms with E-state index in [0.717, 1.165) is 52.2 Å². The van der Waals surface area contributed by atoms with E-state index in [2.05, 4.69) is 9.80 Å². The quantitative estimate of drug-likeness (QED) is 0.826. The molecule has 0 N–H and O–H groups in total. The van der Waals surface area contributed by atoms with Gasteiger partial charge in [0.05, 0.1) is 5.69 Å². The van der Waals surface area contributed by atoms with Crippen LogP contribution in [0.2, 0.25) is 0 Å². The third-order valence-corrected chi connectivity index (χ3v) is 5.02. The van der Waals surface area contributed by atoms with E-state index in [0.29, 0.717) is 11.6 Å². The minimum absolute atomic E-state index is 0.148. The molecule has 2 saturated heterocycles. The Morgan fingerprint density at radius 3 is 2.50 bits per heavy atom. The fraction of sp³-hybridized carbons (Fsp3) is 0.650. The van der Waals surface area contributed by atoms with Crippen LogP contribution >= 0.6 is 0 Å². The molecule has 2 aliphatic rings. The zero-order chi connectivity index (χ0) is 18.7. The molecule has 0 radical (unpaired) electrons. The largest absolute Gasteiger partial charge is 0.444 e. The lowest BCUT2D eigenvalue weighted by molar-refractivity contribution is 0.0285. The van der Waals surface area contributed by atoms with Gasteiger partial charge >= 0.3 is 6.09 Å². The van der Waals surface area contributed by atoms with Gasteiger partial charge in [0, 0.05) is 45.8 Å². The van der Waals surface area contributed by atoms with Crippen LogP contribution < -0.4 is 4.90 Å². The minimum atomic E-state index is -0.446. The summed E-state index contributed by atoms with van der Waals surface area (Å²) < 4.78 is 19.4. The first-order chi connectivity index (χ1) is 12.3. The number of amides is 1. The first-order valence-corrected chi connectivity index (χ1v) is 9.51. The number of benzene rings is 1. The molecule has 2 fully saturated rings. The second-order valence-electron chi connectivity index (χ2n) is 8.32. The highest BCUT2D eigenvalue weighted by atomic mass is 19.1. The van der Waals surface area contributed by atoms with Gasteiger partial charge < -0.3 is 14.5 Å². The van der Waals surface area contributed by atoms with E-state index >= 15 is 0 Å². The van der Waals surface area contributed by atoms with Crippen LogP contribution in [0.5, 0.6) is 0 Å². The standard InChI is InChI=1S/C20H30FN3O2/c1-20(2,3)26-19(25)24-9-8-16(15-24)14-22-10-12-23(13-11-22)18-7-5-4-6-17(18)21/h4-7,16H,8-15H2,1-3H3/t16-/m0/s1. The van der Waals surface area contributed by atoms with Crippen molar-refractivity contribution in [3.63, 3.8) is 0 Å². The third kappa shape index (κ3) is 4.87. The van der Waals surface area contributed by atoms with Crippen LogP contribution in [0.1, 0.15) is 27.2 Å². The molecule has 6 heteroatoms. The molecule has 0 bridgehead atoms. The van der Waals surface area contributed by atoms with Crippen LogP contribution in [-0.2, 0) is 4.74 Å². The van der Waals surface area contributed by atoms with Crippen molar-refractivity contribution in [2.45, 2.75) is 32.8 Å². The molecule has 1 amide bonds. The van der Waals surface area contributed by atoms with Crippen LogP contribution in [0.15, 0.2) is 24.3 Å². The zero-order valence-electron chi connectivity index (χ0n) is 16.1. The number of carbonyl (C=O) groups excluding carboxylic acids is 1. The number of nitrogens with zero attached hydrogens (tertiary/aromatic N) is 3. The predicted octanol–water partition coefficient (Wildman–Crippen LogP) is 3.20. The molecule has 3 rings (SSSR count). The Bertz CT molecular complexity index is 624. The highest BCUT2D eigenvalue weighted by Crippen LogP contribution is 2.23. The van der Waals surface area contributed by atoms with Crippen molar-refractivity contribution in [1.82, 2.24) is 9.80 Å². The van der Waals surface area contributed by atoms with Crippen LogP contribution in [0.3, 0.4) is 0 Å². The SMILES string of the molecule is CC(C)(C)OC(=O)N1CC[C@@H](CN2CCN(c3ccccc3F)CC2)C1. The average Bonchev–Trinajstić information content (AvgIpc) is 3.03. The maximum Gasteiger partial charge on any atom is 0.410 e. The molecule has 0 aliphatic carbocycles. The summed E-state index contributed by atoms with van der Waals surface area (Å²) in [6, 6.07) is 6.98. The number of hydrogen-bond acceptors (Lipinski definition) is 4. The molecular formula is C20H30FN3O2. The Morgan fingerprint density at radius 2 is 1.85 bits per heavy atom. The number of hydrogen-bond donors (Lipinski definition) is 0. The highest BCUT2D eigenvalue weighted by molar-refractivity contribution is 5.68. The van der Waals surface area contributed by atoms with Crippen LogP contribution in [0.4, 0.5) is 14.9 Å². The highest BCUT2D eigenvalue weighted by Gasteiger charge is 2.31. The van der Waals surface area contributed by atoms with Gasteiger partial charge in [-0.3, -0.25) is 4.90 Å². The Hall–Kier alpha value is -1.82. The van der Waals surface area contributed by atoms with Crippen molar-refractivity contribution in [2.24, 2.45) is 5.92 Å². The van der Waals surface area contributed by atoms with Crippen LogP contribution in [0, 0.1) is 11.7 Å². The second kappa shape index (κ2) is 7.82. The van der Waals surface area contributed by atoms with Crippen molar-refractivity contribution in [3.05, 3.63) is 30.1 Å². The molecule has 0 saturated carbocycles. The summed E-state index contributed by atoms with van der Waals surface area (Å²) in [5.74, 6) is 0.340. The predicted molar refractivity (Wildman–Crippen MR) is 101 cm³/mol. The molecule has 5 nitrogen and oxygen atoms in total. The van der Waals surface area contributed by atoms with Gasteiger partial charge in [0.15, 0.2) is 0 Å². The maximum atomic E-state index is 13.9. The van der Waals surface area contributed by atoms with Gasteiger partial charge in [0.25, 0.3) is 0 Å². The normalized spacial score (nSPS) is 21.9. The number of ether oxygens (including phenoxy) is 1. The lowest BCUT2D eigenvalue weighted by atomic mass is 10.1. The van der Waals surface area contributed by atoms with Crippen molar-refractivity contribution >= 4 is 11.8 Å². The van der Waals surface area contributed by atoms with Crippen molar-refractivity contribution in [1.29, 1.82) is 0 Å². The van der Waals surface area contributed by atoms with E-state index in [1.54, 1.807) is 6.07 Å². The van der Waals surface area contributed by atoms with Crippen molar-refractivity contribution in [3.8, 4) is 0 Å². The van der Waals surface area contributed by atoms with E-state index in [-0.39, 0.29) is 11.9 Å². The number of likely N-dealkylation sites (tertiary alicyclic amines) is 1. The Labute approximate surface area is 155 Å². The Kier molecular flexibility index (Phi) is 5.70. The number of anilines is 1. The summed E-state index contributed by atoms with van der Waals surface area (Å²) in [4.78, 5) is 18.6. The van der Waals surface area contributed by atoms with Crippen molar-refractivity contribution < 1.29 is 13.9 Å². The van der Waals surface area contributed by atoms with Crippen LogP contribution in [-0.4, -0.2) is 67.3 Å². The fourth-order valence-corrected chi connectivity index (χ4v) is 3.72. The van der Waals surface area contributed by atoms with Crippen molar-refractivity contribution in [2.75, 3.05) is 50.7 Å². The molecule has 1 atom stereocenters. The van der Waals surface area contributed by atoms with E-state index in [4.69, 9.17) is 4.74 Å². The Morgan fingerprint density at radius 1 is 1.15 bits per heavy atom. The summed E-state index contributed by atoms with van der Waals surface area (Å²) in [6.07, 6.45) is 0.816. The number of rotatable bonds is 3. The minimum Gasteiger partial charge on any atom is -0.444 e. The van der Waals surface area contributed by atoms with Crippen LogP contribution in [0.25, 0.3) is 0 Å². The topological polar surface area (TPSA) is 36.0 Å². The second-order valence-corrected chi connectivity index (χ2v) is 8.32. The number of para-hydroxylation sites is 1. The van der Waals surface area contributed by atoms with E-state index in [1.165, 1.54) is 6.07 Å².